The van der Waals surface area contributed by atoms with E-state index in [9.17, 15) is 4.79 Å². The summed E-state index contributed by atoms with van der Waals surface area (Å²) in [6, 6.07) is 18.0. The third-order valence-corrected chi connectivity index (χ3v) is 5.18. The van der Waals surface area contributed by atoms with Gasteiger partial charge in [0.2, 0.25) is 0 Å². The first-order valence-corrected chi connectivity index (χ1v) is 10.5. The number of rotatable bonds is 9. The summed E-state index contributed by atoms with van der Waals surface area (Å²) in [4.78, 5) is 12.0. The third kappa shape index (κ3) is 6.79. The maximum Gasteiger partial charge on any atom is 0.277 e. The number of hydrazone groups is 1. The minimum absolute atomic E-state index is 0.246. The van der Waals surface area contributed by atoms with Gasteiger partial charge in [-0.1, -0.05) is 65.1 Å². The predicted molar refractivity (Wildman–Crippen MR) is 126 cm³/mol. The van der Waals surface area contributed by atoms with E-state index in [1.807, 2.05) is 30.3 Å². The van der Waals surface area contributed by atoms with E-state index in [1.54, 1.807) is 25.3 Å². The lowest BCUT2D eigenvalue weighted by Crippen LogP contribution is -2.24. The van der Waals surface area contributed by atoms with Gasteiger partial charge in [0.15, 0.2) is 18.1 Å². The van der Waals surface area contributed by atoms with Crippen LogP contribution in [0.4, 0.5) is 0 Å². The predicted octanol–water partition coefficient (Wildman–Crippen LogP) is 5.76. The SMILES string of the molecule is COc1cc(/C=N/NC(=O)COc2cc(Cl)c(Cl)cc2Cl)ccc1OCc1ccccc1. The number of carbonyl (C=O) groups is 1. The molecule has 0 aliphatic carbocycles. The number of methoxy groups -OCH3 is 1. The van der Waals surface area contributed by atoms with Crippen LogP contribution in [0.25, 0.3) is 0 Å². The fourth-order valence-electron chi connectivity index (χ4n) is 2.59. The second-order valence-electron chi connectivity index (χ2n) is 6.46. The molecule has 1 amide bonds. The van der Waals surface area contributed by atoms with Crippen molar-refractivity contribution in [2.75, 3.05) is 13.7 Å². The average Bonchev–Trinajstić information content (AvgIpc) is 2.80. The molecule has 0 aliphatic rings. The second kappa shape index (κ2) is 11.6. The van der Waals surface area contributed by atoms with Crippen LogP contribution >= 0.6 is 34.8 Å². The first-order valence-electron chi connectivity index (χ1n) is 9.40. The van der Waals surface area contributed by atoms with Crippen molar-refractivity contribution in [2.45, 2.75) is 6.61 Å². The Balaban J connectivity index is 1.53. The minimum atomic E-state index is -0.474. The number of ether oxygens (including phenoxy) is 3. The molecule has 0 radical (unpaired) electrons. The molecule has 0 saturated carbocycles. The lowest BCUT2D eigenvalue weighted by atomic mass is 10.2. The molecule has 9 heteroatoms. The van der Waals surface area contributed by atoms with Crippen molar-refractivity contribution in [1.82, 2.24) is 5.43 Å². The molecule has 0 atom stereocenters. The van der Waals surface area contributed by atoms with Crippen molar-refractivity contribution in [3.8, 4) is 17.2 Å². The van der Waals surface area contributed by atoms with E-state index in [2.05, 4.69) is 10.5 Å². The van der Waals surface area contributed by atoms with Gasteiger partial charge in [0, 0.05) is 6.07 Å². The van der Waals surface area contributed by atoms with E-state index in [0.717, 1.165) is 5.56 Å². The van der Waals surface area contributed by atoms with E-state index in [0.29, 0.717) is 28.7 Å². The van der Waals surface area contributed by atoms with E-state index in [1.165, 1.54) is 18.3 Å². The standard InChI is InChI=1S/C23H19Cl3N2O4/c1-30-22-9-16(7-8-20(22)31-13-15-5-3-2-4-6-15)12-27-28-23(29)14-32-21-11-18(25)17(24)10-19(21)26/h2-12H,13-14H2,1H3,(H,28,29)/b27-12+. The molecule has 6 nitrogen and oxygen atoms in total. The molecule has 0 aliphatic heterocycles. The van der Waals surface area contributed by atoms with Gasteiger partial charge in [-0.05, 0) is 35.4 Å². The molecule has 0 heterocycles. The fourth-order valence-corrected chi connectivity index (χ4v) is 3.18. The normalized spacial score (nSPS) is 10.8. The molecule has 32 heavy (non-hydrogen) atoms. The molecule has 0 saturated heterocycles. The molecule has 0 bridgehead atoms. The van der Waals surface area contributed by atoms with Crippen LogP contribution in [0.1, 0.15) is 11.1 Å². The zero-order chi connectivity index (χ0) is 22.9. The Morgan fingerprint density at radius 2 is 1.66 bits per heavy atom. The summed E-state index contributed by atoms with van der Waals surface area (Å²) in [5, 5.41) is 4.74. The van der Waals surface area contributed by atoms with Crippen LogP contribution in [-0.4, -0.2) is 25.8 Å². The van der Waals surface area contributed by atoms with Gasteiger partial charge < -0.3 is 14.2 Å². The third-order valence-electron chi connectivity index (χ3n) is 4.16. The highest BCUT2D eigenvalue weighted by atomic mass is 35.5. The first-order chi connectivity index (χ1) is 15.5. The molecule has 0 fully saturated rings. The van der Waals surface area contributed by atoms with Crippen LogP contribution in [0.2, 0.25) is 15.1 Å². The van der Waals surface area contributed by atoms with Crippen molar-refractivity contribution >= 4 is 46.9 Å². The topological polar surface area (TPSA) is 69.2 Å². The lowest BCUT2D eigenvalue weighted by Gasteiger charge is -2.11. The number of benzene rings is 3. The molecule has 3 aromatic carbocycles. The number of amides is 1. The van der Waals surface area contributed by atoms with Crippen molar-refractivity contribution < 1.29 is 19.0 Å². The highest BCUT2D eigenvalue weighted by Crippen LogP contribution is 2.33. The van der Waals surface area contributed by atoms with Gasteiger partial charge in [0.05, 0.1) is 28.4 Å². The van der Waals surface area contributed by atoms with Gasteiger partial charge in [-0.25, -0.2) is 5.43 Å². The Morgan fingerprint density at radius 3 is 2.41 bits per heavy atom. The average molecular weight is 494 g/mol. The Bertz CT molecular complexity index is 1110. The molecular formula is C23H19Cl3N2O4. The molecule has 1 N–H and O–H groups in total. The van der Waals surface area contributed by atoms with Gasteiger partial charge in [0.25, 0.3) is 5.91 Å². The number of hydrogen-bond donors (Lipinski definition) is 1. The van der Waals surface area contributed by atoms with E-state index < -0.39 is 5.91 Å². The molecule has 0 aromatic heterocycles. The highest BCUT2D eigenvalue weighted by molar-refractivity contribution is 6.43. The Morgan fingerprint density at radius 1 is 0.906 bits per heavy atom. The van der Waals surface area contributed by atoms with Crippen LogP contribution < -0.4 is 19.6 Å². The molecule has 0 unspecified atom stereocenters. The van der Waals surface area contributed by atoms with Crippen LogP contribution in [-0.2, 0) is 11.4 Å². The zero-order valence-corrected chi connectivity index (χ0v) is 19.2. The fraction of sp³-hybridized carbons (Fsp3) is 0.130. The Kier molecular flexibility index (Phi) is 8.62. The van der Waals surface area contributed by atoms with Crippen molar-refractivity contribution in [3.05, 3.63) is 86.9 Å². The van der Waals surface area contributed by atoms with Gasteiger partial charge in [-0.3, -0.25) is 4.79 Å². The molecule has 166 valence electrons. The summed E-state index contributed by atoms with van der Waals surface area (Å²) in [6.07, 6.45) is 1.48. The molecule has 3 rings (SSSR count). The van der Waals surface area contributed by atoms with Gasteiger partial charge in [0.1, 0.15) is 12.4 Å². The summed E-state index contributed by atoms with van der Waals surface area (Å²) < 4.78 is 16.6. The summed E-state index contributed by atoms with van der Waals surface area (Å²) >= 11 is 17.8. The number of nitrogens with zero attached hydrogens (tertiary/aromatic N) is 1. The zero-order valence-electron chi connectivity index (χ0n) is 17.0. The molecular weight excluding hydrogens is 475 g/mol. The summed E-state index contributed by atoms with van der Waals surface area (Å²) in [6.45, 7) is 0.119. The summed E-state index contributed by atoms with van der Waals surface area (Å²) in [5.74, 6) is 0.924. The smallest absolute Gasteiger partial charge is 0.277 e. The van der Waals surface area contributed by atoms with E-state index in [4.69, 9.17) is 49.0 Å². The summed E-state index contributed by atoms with van der Waals surface area (Å²) in [7, 11) is 1.55. The van der Waals surface area contributed by atoms with Crippen LogP contribution in [0.3, 0.4) is 0 Å². The van der Waals surface area contributed by atoms with Gasteiger partial charge in [-0.15, -0.1) is 0 Å². The monoisotopic (exact) mass is 492 g/mol. The van der Waals surface area contributed by atoms with Gasteiger partial charge >= 0.3 is 0 Å². The number of hydrogen-bond acceptors (Lipinski definition) is 5. The second-order valence-corrected chi connectivity index (χ2v) is 7.68. The van der Waals surface area contributed by atoms with E-state index >= 15 is 0 Å². The highest BCUT2D eigenvalue weighted by Gasteiger charge is 2.09. The summed E-state index contributed by atoms with van der Waals surface area (Å²) in [5.41, 5.74) is 4.14. The molecule has 3 aromatic rings. The minimum Gasteiger partial charge on any atom is -0.493 e. The maximum absolute atomic E-state index is 12.0. The van der Waals surface area contributed by atoms with Crippen LogP contribution in [0.5, 0.6) is 17.2 Å². The molecule has 0 spiro atoms. The van der Waals surface area contributed by atoms with Crippen LogP contribution in [0, 0.1) is 0 Å². The van der Waals surface area contributed by atoms with Crippen molar-refractivity contribution in [2.24, 2.45) is 5.10 Å². The van der Waals surface area contributed by atoms with Gasteiger partial charge in [-0.2, -0.15) is 5.10 Å². The maximum atomic E-state index is 12.0. The number of carbonyl (C=O) groups excluding carboxylic acids is 1. The number of nitrogens with one attached hydrogen (secondary N) is 1. The van der Waals surface area contributed by atoms with Crippen molar-refractivity contribution in [3.63, 3.8) is 0 Å². The quantitative estimate of drug-likeness (QED) is 0.234. The Labute approximate surface area is 200 Å². The largest absolute Gasteiger partial charge is 0.493 e. The van der Waals surface area contributed by atoms with Crippen molar-refractivity contribution in [1.29, 1.82) is 0 Å². The number of halogens is 3. The van der Waals surface area contributed by atoms with E-state index in [-0.39, 0.29) is 22.4 Å². The lowest BCUT2D eigenvalue weighted by molar-refractivity contribution is -0.123. The van der Waals surface area contributed by atoms with Crippen LogP contribution in [0.15, 0.2) is 65.8 Å². The first kappa shape index (κ1) is 23.7. The Hall–Kier alpha value is -2.93.